The smallest absolute Gasteiger partial charge is 0.344 e. The van der Waals surface area contributed by atoms with Gasteiger partial charge in [0.25, 0.3) is 0 Å². The number of imide groups is 1. The number of hydrogen-bond acceptors (Lipinski definition) is 10. The van der Waals surface area contributed by atoms with Crippen molar-refractivity contribution >= 4 is 52.5 Å². The topological polar surface area (TPSA) is 132 Å². The summed E-state index contributed by atoms with van der Waals surface area (Å²) >= 11 is 2.81. The second kappa shape index (κ2) is 11.2. The van der Waals surface area contributed by atoms with Crippen LogP contribution in [-0.2, 0) is 23.9 Å². The molecule has 4 aliphatic rings. The van der Waals surface area contributed by atoms with Gasteiger partial charge in [0.1, 0.15) is 5.75 Å². The highest BCUT2D eigenvalue weighted by molar-refractivity contribution is 8.00. The number of nitrogens with zero attached hydrogens (tertiary/aromatic N) is 1. The molecule has 1 aromatic heterocycles. The van der Waals surface area contributed by atoms with Crippen LogP contribution in [0.1, 0.15) is 47.0 Å². The zero-order valence-corrected chi connectivity index (χ0v) is 25.7. The first-order valence-corrected chi connectivity index (χ1v) is 16.4. The second-order valence-electron chi connectivity index (χ2n) is 11.4. The molecule has 0 radical (unpaired) electrons. The van der Waals surface area contributed by atoms with Gasteiger partial charge in [-0.1, -0.05) is 23.5 Å². The molecule has 2 bridgehead atoms. The van der Waals surface area contributed by atoms with E-state index in [0.717, 1.165) is 21.9 Å². The monoisotopic (exact) mass is 634 g/mol. The van der Waals surface area contributed by atoms with E-state index in [0.29, 0.717) is 17.0 Å². The number of thiazole rings is 1. The molecule has 12 heteroatoms. The van der Waals surface area contributed by atoms with E-state index in [4.69, 9.17) is 14.2 Å². The Bertz CT molecular complexity index is 1720. The predicted molar refractivity (Wildman–Crippen MR) is 162 cm³/mol. The number of ether oxygens (including phenoxy) is 3. The molecule has 228 valence electrons. The number of amides is 2. The third-order valence-corrected chi connectivity index (χ3v) is 11.8. The second-order valence-corrected chi connectivity index (χ2v) is 13.6. The minimum absolute atomic E-state index is 0.0217. The molecule has 44 heavy (non-hydrogen) atoms. The number of rotatable bonds is 8. The molecular weight excluding hydrogens is 604 g/mol. The molecule has 7 rings (SSSR count). The zero-order chi connectivity index (χ0) is 30.7. The average molecular weight is 635 g/mol. The molecule has 3 fully saturated rings. The Labute approximate surface area is 261 Å². The van der Waals surface area contributed by atoms with Gasteiger partial charge >= 0.3 is 16.8 Å². The SMILES string of the molecule is CCOC(=O)COc1cccc([C@H]2c3sc(=O)[nH]c3SC3C2[C@H]2C[C@@H]3C3C(=O)N(c4ccc(C(=O)OCC)cc4)C(=O)C32)c1. The van der Waals surface area contributed by atoms with Crippen molar-refractivity contribution in [2.45, 2.75) is 36.5 Å². The maximum absolute atomic E-state index is 14.0. The van der Waals surface area contributed by atoms with Gasteiger partial charge in [0.15, 0.2) is 6.61 Å². The summed E-state index contributed by atoms with van der Waals surface area (Å²) in [5, 5.41) is 0.854. The van der Waals surface area contributed by atoms with Crippen molar-refractivity contribution in [1.82, 2.24) is 4.98 Å². The normalized spacial score (nSPS) is 28.0. The van der Waals surface area contributed by atoms with Crippen LogP contribution in [0.25, 0.3) is 0 Å². The van der Waals surface area contributed by atoms with E-state index in [1.807, 2.05) is 18.2 Å². The van der Waals surface area contributed by atoms with E-state index in [1.165, 1.54) is 16.2 Å². The molecule has 1 saturated heterocycles. The number of thioether (sulfide) groups is 1. The first-order chi connectivity index (χ1) is 21.3. The molecule has 2 aromatic carbocycles. The van der Waals surface area contributed by atoms with E-state index in [1.54, 1.807) is 55.9 Å². The Balaban J connectivity index is 1.21. The van der Waals surface area contributed by atoms with Gasteiger partial charge in [-0.25, -0.2) is 9.59 Å². The fourth-order valence-electron chi connectivity index (χ4n) is 7.75. The Morgan fingerprint density at radius 2 is 1.68 bits per heavy atom. The number of H-pyrrole nitrogens is 1. The Morgan fingerprint density at radius 3 is 2.41 bits per heavy atom. The number of hydrogen-bond donors (Lipinski definition) is 1. The minimum Gasteiger partial charge on any atom is -0.482 e. The van der Waals surface area contributed by atoms with Gasteiger partial charge in [0.05, 0.1) is 41.3 Å². The van der Waals surface area contributed by atoms with Crippen molar-refractivity contribution in [3.8, 4) is 5.75 Å². The predicted octanol–water partition coefficient (Wildman–Crippen LogP) is 4.23. The van der Waals surface area contributed by atoms with Crippen LogP contribution in [0.2, 0.25) is 0 Å². The van der Waals surface area contributed by atoms with E-state index in [-0.39, 0.29) is 65.4 Å². The number of fused-ring (bicyclic) bond motifs is 9. The molecule has 2 aliphatic heterocycles. The van der Waals surface area contributed by atoms with Crippen molar-refractivity contribution < 1.29 is 33.4 Å². The molecule has 4 unspecified atom stereocenters. The van der Waals surface area contributed by atoms with Crippen LogP contribution < -0.4 is 14.5 Å². The first kappa shape index (κ1) is 28.8. The summed E-state index contributed by atoms with van der Waals surface area (Å²) in [5.74, 6) is -1.94. The molecule has 3 heterocycles. The van der Waals surface area contributed by atoms with Crippen LogP contribution in [0.4, 0.5) is 5.69 Å². The molecule has 3 aromatic rings. The van der Waals surface area contributed by atoms with Crippen molar-refractivity contribution in [2.75, 3.05) is 24.7 Å². The van der Waals surface area contributed by atoms with Crippen molar-refractivity contribution in [1.29, 1.82) is 0 Å². The lowest BCUT2D eigenvalue weighted by atomic mass is 9.68. The highest BCUT2D eigenvalue weighted by Gasteiger charge is 2.69. The van der Waals surface area contributed by atoms with Gasteiger partial charge in [-0.2, -0.15) is 0 Å². The minimum atomic E-state index is -0.457. The van der Waals surface area contributed by atoms with Gasteiger partial charge in [0, 0.05) is 16.0 Å². The number of nitrogens with one attached hydrogen (secondary N) is 1. The Morgan fingerprint density at radius 1 is 0.955 bits per heavy atom. The van der Waals surface area contributed by atoms with E-state index < -0.39 is 23.8 Å². The van der Waals surface area contributed by atoms with Crippen LogP contribution in [-0.4, -0.2) is 53.8 Å². The van der Waals surface area contributed by atoms with E-state index >= 15 is 0 Å². The summed E-state index contributed by atoms with van der Waals surface area (Å²) in [7, 11) is 0. The van der Waals surface area contributed by atoms with Crippen LogP contribution in [0.15, 0.2) is 58.4 Å². The Kier molecular flexibility index (Phi) is 7.36. The molecular formula is C32H30N2O8S2. The van der Waals surface area contributed by atoms with Crippen molar-refractivity contribution in [3.63, 3.8) is 0 Å². The molecule has 10 nitrogen and oxygen atoms in total. The highest BCUT2D eigenvalue weighted by Crippen LogP contribution is 2.68. The molecule has 0 spiro atoms. The van der Waals surface area contributed by atoms with Crippen LogP contribution >= 0.6 is 23.1 Å². The van der Waals surface area contributed by atoms with Crippen LogP contribution in [0.3, 0.4) is 0 Å². The van der Waals surface area contributed by atoms with Crippen molar-refractivity contribution in [2.24, 2.45) is 29.6 Å². The number of carbonyl (C=O) groups is 4. The maximum atomic E-state index is 14.0. The third kappa shape index (κ3) is 4.57. The molecule has 2 aliphatic carbocycles. The number of anilines is 1. The lowest BCUT2D eigenvalue weighted by Gasteiger charge is -2.43. The highest BCUT2D eigenvalue weighted by atomic mass is 32.2. The number of carbonyl (C=O) groups excluding carboxylic acids is 4. The summed E-state index contributed by atoms with van der Waals surface area (Å²) in [4.78, 5) is 69.6. The lowest BCUT2D eigenvalue weighted by Crippen LogP contribution is -2.42. The van der Waals surface area contributed by atoms with Gasteiger partial charge in [-0.15, -0.1) is 11.8 Å². The quantitative estimate of drug-likeness (QED) is 0.286. The number of aromatic nitrogens is 1. The summed E-state index contributed by atoms with van der Waals surface area (Å²) in [6, 6.07) is 13.9. The standard InChI is InChI=1S/C32H30N2O8S2/c1-3-40-21(35)14-42-18-7-5-6-16(12-18)22-23-19-13-20(26(23)43-28-27(22)44-32(39)33-28)25-24(19)29(36)34(30(25)37)17-10-8-15(9-11-17)31(38)41-4-2/h5-12,19-20,22-26H,3-4,13-14H2,1-2H3,(H,33,39)/t19-,20-,22-,23?,24?,25?,26?/m1/s1. The van der Waals surface area contributed by atoms with Gasteiger partial charge in [0.2, 0.25) is 11.8 Å². The fraction of sp³-hybridized carbons (Fsp3) is 0.406. The van der Waals surface area contributed by atoms with E-state index in [2.05, 4.69) is 4.98 Å². The van der Waals surface area contributed by atoms with Gasteiger partial charge in [-0.3, -0.25) is 19.3 Å². The summed E-state index contributed by atoms with van der Waals surface area (Å²) in [5.41, 5.74) is 1.74. The van der Waals surface area contributed by atoms with E-state index in [9.17, 15) is 24.0 Å². The van der Waals surface area contributed by atoms with Crippen molar-refractivity contribution in [3.05, 3.63) is 74.2 Å². The van der Waals surface area contributed by atoms with Gasteiger partial charge in [-0.05, 0) is 80.0 Å². The molecule has 2 amide bonds. The zero-order valence-electron chi connectivity index (χ0n) is 24.0. The first-order valence-electron chi connectivity index (χ1n) is 14.7. The van der Waals surface area contributed by atoms with Crippen LogP contribution in [0, 0.1) is 29.6 Å². The number of esters is 2. The lowest BCUT2D eigenvalue weighted by molar-refractivity contribution is -0.145. The molecule has 2 saturated carbocycles. The summed E-state index contributed by atoms with van der Waals surface area (Å²) in [6.45, 7) is 3.77. The largest absolute Gasteiger partial charge is 0.482 e. The van der Waals surface area contributed by atoms with Gasteiger partial charge < -0.3 is 19.2 Å². The summed E-state index contributed by atoms with van der Waals surface area (Å²) in [6.07, 6.45) is 0.763. The third-order valence-electron chi connectivity index (χ3n) is 9.24. The maximum Gasteiger partial charge on any atom is 0.344 e. The number of benzene rings is 2. The molecule has 1 N–H and O–H groups in total. The molecule has 7 atom stereocenters. The average Bonchev–Trinajstić information content (AvgIpc) is 3.75. The fourth-order valence-corrected chi connectivity index (χ4v) is 10.6. The van der Waals surface area contributed by atoms with Crippen LogP contribution in [0.5, 0.6) is 5.75 Å². The Hall–Kier alpha value is -3.90. The summed E-state index contributed by atoms with van der Waals surface area (Å²) < 4.78 is 15.8. The number of aromatic amines is 1.